The first-order valence-electron chi connectivity index (χ1n) is 9.39. The number of ether oxygens (including phenoxy) is 1. The van der Waals surface area contributed by atoms with Crippen molar-refractivity contribution < 1.29 is 4.74 Å². The molecule has 28 heavy (non-hydrogen) atoms. The molecule has 3 rings (SSSR count). The summed E-state index contributed by atoms with van der Waals surface area (Å²) >= 11 is 0. The number of nitrogens with zero attached hydrogens (tertiary/aromatic N) is 5. The predicted molar refractivity (Wildman–Crippen MR) is 122 cm³/mol. The molecule has 9 heteroatoms. The molecule has 0 spiro atoms. The Balaban J connectivity index is 0.00000280. The number of guanidine groups is 1. The predicted octanol–water partition coefficient (Wildman–Crippen LogP) is 1.50. The van der Waals surface area contributed by atoms with Crippen LogP contribution in [0, 0.1) is 13.8 Å². The number of pyridine rings is 1. The number of hydrogen-bond donors (Lipinski definition) is 2. The Kier molecular flexibility index (Phi) is 9.13. The van der Waals surface area contributed by atoms with E-state index in [0.717, 1.165) is 68.1 Å². The topological polar surface area (TPSA) is 79.6 Å². The average Bonchev–Trinajstić information content (AvgIpc) is 3.04. The third-order valence-electron chi connectivity index (χ3n) is 4.54. The highest BCUT2D eigenvalue weighted by atomic mass is 127. The summed E-state index contributed by atoms with van der Waals surface area (Å²) in [4.78, 5) is 11.2. The van der Waals surface area contributed by atoms with Crippen LogP contribution in [0.4, 0.5) is 0 Å². The molecule has 0 aliphatic carbocycles. The van der Waals surface area contributed by atoms with Crippen molar-refractivity contribution >= 4 is 29.9 Å². The van der Waals surface area contributed by atoms with E-state index in [0.29, 0.717) is 6.54 Å². The first-order valence-corrected chi connectivity index (χ1v) is 9.39. The van der Waals surface area contributed by atoms with Crippen molar-refractivity contribution in [3.63, 3.8) is 0 Å². The number of aryl methyl sites for hydroxylation is 2. The molecule has 2 aromatic heterocycles. The number of rotatable bonds is 6. The maximum atomic E-state index is 5.37. The van der Waals surface area contributed by atoms with Gasteiger partial charge in [-0.15, -0.1) is 24.0 Å². The van der Waals surface area contributed by atoms with E-state index >= 15 is 0 Å². The van der Waals surface area contributed by atoms with Crippen LogP contribution in [-0.4, -0.2) is 72.1 Å². The summed E-state index contributed by atoms with van der Waals surface area (Å²) < 4.78 is 7.23. The summed E-state index contributed by atoms with van der Waals surface area (Å²) in [5, 5.41) is 11.2. The molecule has 0 radical (unpaired) electrons. The minimum atomic E-state index is 0. The fourth-order valence-corrected chi connectivity index (χ4v) is 3.07. The van der Waals surface area contributed by atoms with Crippen LogP contribution in [0.15, 0.2) is 29.4 Å². The number of aromatic nitrogens is 3. The molecular weight excluding hydrogens is 469 g/mol. The van der Waals surface area contributed by atoms with Crippen LogP contribution < -0.4 is 10.6 Å². The zero-order valence-corrected chi connectivity index (χ0v) is 19.1. The SMILES string of the molecule is CN=C(NCCN1CCOCC1)NCc1ccc(-n2nc(C)cc2C)nc1.I. The summed E-state index contributed by atoms with van der Waals surface area (Å²) in [6, 6.07) is 6.10. The van der Waals surface area contributed by atoms with E-state index in [1.165, 1.54) is 0 Å². The van der Waals surface area contributed by atoms with E-state index in [1.54, 1.807) is 7.05 Å². The van der Waals surface area contributed by atoms with Crippen molar-refractivity contribution in [1.29, 1.82) is 0 Å². The van der Waals surface area contributed by atoms with Crippen LogP contribution >= 0.6 is 24.0 Å². The zero-order valence-electron chi connectivity index (χ0n) is 16.8. The molecule has 1 aliphatic rings. The van der Waals surface area contributed by atoms with Crippen LogP contribution in [-0.2, 0) is 11.3 Å². The normalized spacial score (nSPS) is 15.2. The monoisotopic (exact) mass is 499 g/mol. The molecule has 1 aliphatic heterocycles. The average molecular weight is 499 g/mol. The first kappa shape index (κ1) is 22.6. The van der Waals surface area contributed by atoms with Crippen molar-refractivity contribution in [2.24, 2.45) is 4.99 Å². The molecule has 2 N–H and O–H groups in total. The zero-order chi connectivity index (χ0) is 19.1. The van der Waals surface area contributed by atoms with Crippen molar-refractivity contribution in [2.75, 3.05) is 46.4 Å². The molecule has 154 valence electrons. The van der Waals surface area contributed by atoms with Crippen LogP contribution in [0.1, 0.15) is 17.0 Å². The first-order chi connectivity index (χ1) is 13.2. The molecule has 2 aromatic rings. The third kappa shape index (κ3) is 6.42. The number of halogens is 1. The molecule has 1 fully saturated rings. The van der Waals surface area contributed by atoms with Crippen LogP contribution in [0.2, 0.25) is 0 Å². The Bertz CT molecular complexity index is 754. The van der Waals surface area contributed by atoms with Gasteiger partial charge in [0.2, 0.25) is 0 Å². The molecule has 0 saturated carbocycles. The van der Waals surface area contributed by atoms with Gasteiger partial charge < -0.3 is 15.4 Å². The summed E-state index contributed by atoms with van der Waals surface area (Å²) in [6.07, 6.45) is 1.87. The van der Waals surface area contributed by atoms with E-state index in [9.17, 15) is 0 Å². The molecule has 0 bridgehead atoms. The summed E-state index contributed by atoms with van der Waals surface area (Å²) in [5.74, 6) is 1.63. The number of morpholine rings is 1. The van der Waals surface area contributed by atoms with E-state index in [1.807, 2.05) is 36.9 Å². The van der Waals surface area contributed by atoms with Crippen molar-refractivity contribution in [3.8, 4) is 5.82 Å². The lowest BCUT2D eigenvalue weighted by molar-refractivity contribution is 0.0389. The van der Waals surface area contributed by atoms with Crippen LogP contribution in [0.3, 0.4) is 0 Å². The molecule has 0 amide bonds. The van der Waals surface area contributed by atoms with Gasteiger partial charge in [0.05, 0.1) is 18.9 Å². The smallest absolute Gasteiger partial charge is 0.191 e. The number of hydrogen-bond acceptors (Lipinski definition) is 5. The molecule has 3 heterocycles. The Morgan fingerprint density at radius 3 is 2.61 bits per heavy atom. The highest BCUT2D eigenvalue weighted by Crippen LogP contribution is 2.10. The molecule has 0 atom stereocenters. The minimum absolute atomic E-state index is 0. The fraction of sp³-hybridized carbons (Fsp3) is 0.526. The quantitative estimate of drug-likeness (QED) is 0.357. The molecule has 0 unspecified atom stereocenters. The standard InChI is InChI=1S/C19H29N7O.HI/c1-15-12-16(2)26(24-15)18-5-4-17(13-22-18)14-23-19(20-3)21-6-7-25-8-10-27-11-9-25;/h4-5,12-13H,6-11,14H2,1-3H3,(H2,20,21,23);1H. The number of aliphatic imine (C=N–C) groups is 1. The maximum absolute atomic E-state index is 5.37. The highest BCUT2D eigenvalue weighted by molar-refractivity contribution is 14.0. The molecule has 0 aromatic carbocycles. The summed E-state index contributed by atoms with van der Waals surface area (Å²) in [7, 11) is 1.79. The molecule has 8 nitrogen and oxygen atoms in total. The van der Waals surface area contributed by atoms with Crippen molar-refractivity contribution in [2.45, 2.75) is 20.4 Å². The Labute approximate surface area is 183 Å². The van der Waals surface area contributed by atoms with Crippen LogP contribution in [0.25, 0.3) is 5.82 Å². The van der Waals surface area contributed by atoms with E-state index in [-0.39, 0.29) is 24.0 Å². The van der Waals surface area contributed by atoms with Gasteiger partial charge in [-0.1, -0.05) is 6.07 Å². The second-order valence-electron chi connectivity index (χ2n) is 6.67. The highest BCUT2D eigenvalue weighted by Gasteiger charge is 2.10. The van der Waals surface area contributed by atoms with Gasteiger partial charge in [0.15, 0.2) is 11.8 Å². The van der Waals surface area contributed by atoms with Gasteiger partial charge in [-0.05, 0) is 31.5 Å². The van der Waals surface area contributed by atoms with Gasteiger partial charge in [0, 0.05) is 51.7 Å². The second-order valence-corrected chi connectivity index (χ2v) is 6.67. The van der Waals surface area contributed by atoms with E-state index in [4.69, 9.17) is 4.74 Å². The largest absolute Gasteiger partial charge is 0.379 e. The second kappa shape index (κ2) is 11.3. The molecule has 1 saturated heterocycles. The summed E-state index contributed by atoms with van der Waals surface area (Å²) in [6.45, 7) is 10.2. The van der Waals surface area contributed by atoms with Gasteiger partial charge in [0.25, 0.3) is 0 Å². The van der Waals surface area contributed by atoms with Crippen molar-refractivity contribution in [1.82, 2.24) is 30.3 Å². The Hall–Kier alpha value is -1.72. The maximum Gasteiger partial charge on any atom is 0.191 e. The van der Waals surface area contributed by atoms with E-state index in [2.05, 4.69) is 36.7 Å². The Morgan fingerprint density at radius 1 is 1.21 bits per heavy atom. The fourth-order valence-electron chi connectivity index (χ4n) is 3.07. The Morgan fingerprint density at radius 2 is 2.00 bits per heavy atom. The van der Waals surface area contributed by atoms with Gasteiger partial charge in [-0.2, -0.15) is 5.10 Å². The van der Waals surface area contributed by atoms with E-state index < -0.39 is 0 Å². The third-order valence-corrected chi connectivity index (χ3v) is 4.54. The van der Waals surface area contributed by atoms with Gasteiger partial charge in [-0.25, -0.2) is 9.67 Å². The molecular formula is C19H30IN7O. The minimum Gasteiger partial charge on any atom is -0.379 e. The lowest BCUT2D eigenvalue weighted by atomic mass is 10.3. The van der Waals surface area contributed by atoms with Gasteiger partial charge in [0.1, 0.15) is 0 Å². The number of nitrogens with one attached hydrogen (secondary N) is 2. The van der Waals surface area contributed by atoms with Gasteiger partial charge >= 0.3 is 0 Å². The van der Waals surface area contributed by atoms with Crippen molar-refractivity contribution in [3.05, 3.63) is 41.3 Å². The van der Waals surface area contributed by atoms with Gasteiger partial charge in [-0.3, -0.25) is 9.89 Å². The summed E-state index contributed by atoms with van der Waals surface area (Å²) in [5.41, 5.74) is 3.17. The lowest BCUT2D eigenvalue weighted by Gasteiger charge is -2.26. The lowest BCUT2D eigenvalue weighted by Crippen LogP contribution is -2.44. The van der Waals surface area contributed by atoms with Crippen LogP contribution in [0.5, 0.6) is 0 Å².